The van der Waals surface area contributed by atoms with Gasteiger partial charge in [0.05, 0.1) is 12.3 Å². The lowest BCUT2D eigenvalue weighted by Gasteiger charge is -2.35. The van der Waals surface area contributed by atoms with Gasteiger partial charge in [0.25, 0.3) is 0 Å². The Morgan fingerprint density at radius 1 is 1.69 bits per heavy atom. The number of amides is 1. The summed E-state index contributed by atoms with van der Waals surface area (Å²) in [4.78, 5) is 13.1. The lowest BCUT2D eigenvalue weighted by molar-refractivity contribution is -0.132. The molecule has 0 spiro atoms. The summed E-state index contributed by atoms with van der Waals surface area (Å²) in [5.74, 6) is 0.534. The van der Waals surface area contributed by atoms with E-state index in [0.29, 0.717) is 12.2 Å². The molecule has 1 rings (SSSR count). The predicted octanol–water partition coefficient (Wildman–Crippen LogP) is 1.70. The molecule has 0 aromatic rings. The van der Waals surface area contributed by atoms with Gasteiger partial charge in [0, 0.05) is 6.54 Å². The lowest BCUT2D eigenvalue weighted by Crippen LogP contribution is -2.47. The molecule has 0 bridgehead atoms. The molecular weight excluding hydrogens is 189 g/mol. The van der Waals surface area contributed by atoms with Crippen molar-refractivity contribution < 1.29 is 9.18 Å². The minimum Gasteiger partial charge on any atom is -0.339 e. The number of hydrogen-bond donors (Lipinski definition) is 0. The Morgan fingerprint density at radius 2 is 2.38 bits per heavy atom. The Hall–Kier alpha value is -0.250. The van der Waals surface area contributed by atoms with Gasteiger partial charge in [0.2, 0.25) is 5.91 Å². The molecule has 2 nitrogen and oxygen atoms in total. The van der Waals surface area contributed by atoms with Gasteiger partial charge in [-0.2, -0.15) is 11.8 Å². The average molecular weight is 205 g/mol. The maximum absolute atomic E-state index is 13.5. The lowest BCUT2D eigenvalue weighted by atomic mass is 9.97. The topological polar surface area (TPSA) is 20.3 Å². The Kier molecular flexibility index (Phi) is 3.59. The molecular formula is C9H16FNOS. The number of alkyl halides is 1. The zero-order chi connectivity index (χ0) is 9.90. The van der Waals surface area contributed by atoms with Gasteiger partial charge in [-0.25, -0.2) is 4.39 Å². The third-order valence-corrected chi connectivity index (χ3v) is 2.80. The van der Waals surface area contributed by atoms with Crippen LogP contribution in [0.25, 0.3) is 0 Å². The fourth-order valence-corrected chi connectivity index (χ4v) is 2.05. The number of likely N-dealkylation sites (tertiary alicyclic amines) is 1. The number of carbonyl (C=O) groups is 1. The number of piperidine rings is 1. The van der Waals surface area contributed by atoms with Gasteiger partial charge in [-0.15, -0.1) is 0 Å². The number of hydrogen-bond acceptors (Lipinski definition) is 2. The molecule has 13 heavy (non-hydrogen) atoms. The number of halogens is 1. The van der Waals surface area contributed by atoms with Crippen molar-refractivity contribution in [3.05, 3.63) is 0 Å². The van der Waals surface area contributed by atoms with Crippen LogP contribution in [-0.4, -0.2) is 41.6 Å². The molecule has 0 saturated carbocycles. The van der Waals surface area contributed by atoms with Crippen molar-refractivity contribution in [2.45, 2.75) is 25.4 Å². The zero-order valence-corrected chi connectivity index (χ0v) is 8.99. The predicted molar refractivity (Wildman–Crippen MR) is 53.7 cm³/mol. The van der Waals surface area contributed by atoms with Crippen LogP contribution in [0.4, 0.5) is 4.39 Å². The van der Waals surface area contributed by atoms with Crippen molar-refractivity contribution in [3.8, 4) is 0 Å². The quantitative estimate of drug-likeness (QED) is 0.684. The molecule has 0 aliphatic carbocycles. The van der Waals surface area contributed by atoms with E-state index in [2.05, 4.69) is 0 Å². The van der Waals surface area contributed by atoms with Crippen LogP contribution in [0.2, 0.25) is 0 Å². The van der Waals surface area contributed by atoms with Crippen molar-refractivity contribution in [1.29, 1.82) is 0 Å². The zero-order valence-electron chi connectivity index (χ0n) is 8.18. The highest BCUT2D eigenvalue weighted by atomic mass is 32.2. The molecule has 0 unspecified atom stereocenters. The summed E-state index contributed by atoms with van der Waals surface area (Å²) < 4.78 is 13.5. The number of rotatable bonds is 2. The maximum Gasteiger partial charge on any atom is 0.232 e. The average Bonchev–Trinajstić information content (AvgIpc) is 2.03. The van der Waals surface area contributed by atoms with E-state index in [9.17, 15) is 9.18 Å². The Balaban J connectivity index is 2.47. The van der Waals surface area contributed by atoms with Crippen LogP contribution in [0.3, 0.4) is 0 Å². The van der Waals surface area contributed by atoms with Crippen molar-refractivity contribution in [2.24, 2.45) is 0 Å². The van der Waals surface area contributed by atoms with Crippen LogP contribution >= 0.6 is 11.8 Å². The Bertz CT molecular complexity index is 196. The first kappa shape index (κ1) is 10.8. The van der Waals surface area contributed by atoms with E-state index in [0.717, 1.165) is 13.0 Å². The molecule has 0 N–H and O–H groups in total. The Labute approximate surface area is 82.9 Å². The van der Waals surface area contributed by atoms with Crippen molar-refractivity contribution in [1.82, 2.24) is 4.90 Å². The summed E-state index contributed by atoms with van der Waals surface area (Å²) in [7, 11) is 0. The number of carbonyl (C=O) groups excluding carboxylic acids is 1. The van der Waals surface area contributed by atoms with E-state index < -0.39 is 5.67 Å². The second kappa shape index (κ2) is 4.31. The summed E-state index contributed by atoms with van der Waals surface area (Å²) >= 11 is 1.49. The van der Waals surface area contributed by atoms with E-state index in [4.69, 9.17) is 0 Å². The first-order chi connectivity index (χ1) is 6.05. The second-order valence-electron chi connectivity index (χ2n) is 3.77. The van der Waals surface area contributed by atoms with E-state index in [1.54, 1.807) is 11.8 Å². The van der Waals surface area contributed by atoms with Gasteiger partial charge in [0.1, 0.15) is 5.67 Å². The van der Waals surface area contributed by atoms with E-state index in [-0.39, 0.29) is 12.5 Å². The highest BCUT2D eigenvalue weighted by Gasteiger charge is 2.32. The number of thioether (sulfide) groups is 1. The summed E-state index contributed by atoms with van der Waals surface area (Å²) in [6.07, 6.45) is 3.25. The van der Waals surface area contributed by atoms with Crippen LogP contribution in [-0.2, 0) is 4.79 Å². The highest BCUT2D eigenvalue weighted by Crippen LogP contribution is 2.24. The smallest absolute Gasteiger partial charge is 0.232 e. The standard InChI is InChI=1S/C9H16FNOS/c1-9(10)4-3-5-11(7-9)8(12)6-13-2/h3-7H2,1-2H3/t9-/m1/s1. The first-order valence-corrected chi connectivity index (χ1v) is 5.90. The van der Waals surface area contributed by atoms with Crippen LogP contribution in [0.5, 0.6) is 0 Å². The normalized spacial score (nSPS) is 29.0. The monoisotopic (exact) mass is 205 g/mol. The summed E-state index contributed by atoms with van der Waals surface area (Å²) in [6, 6.07) is 0. The molecule has 0 aromatic heterocycles. The van der Waals surface area contributed by atoms with Crippen LogP contribution in [0, 0.1) is 0 Å². The fraction of sp³-hybridized carbons (Fsp3) is 0.889. The van der Waals surface area contributed by atoms with Crippen molar-refractivity contribution >= 4 is 17.7 Å². The molecule has 1 amide bonds. The SMILES string of the molecule is CSCC(=O)N1CCC[C@@](C)(F)C1. The molecule has 1 aliphatic heterocycles. The maximum atomic E-state index is 13.5. The van der Waals surface area contributed by atoms with Gasteiger partial charge in [-0.05, 0) is 26.0 Å². The summed E-state index contributed by atoms with van der Waals surface area (Å²) in [6.45, 7) is 2.57. The van der Waals surface area contributed by atoms with Gasteiger partial charge >= 0.3 is 0 Å². The molecule has 4 heteroatoms. The third kappa shape index (κ3) is 3.18. The van der Waals surface area contributed by atoms with Gasteiger partial charge in [0.15, 0.2) is 0 Å². The van der Waals surface area contributed by atoms with Crippen LogP contribution in [0.1, 0.15) is 19.8 Å². The fourth-order valence-electron chi connectivity index (χ4n) is 1.62. The van der Waals surface area contributed by atoms with E-state index >= 15 is 0 Å². The highest BCUT2D eigenvalue weighted by molar-refractivity contribution is 7.99. The molecule has 0 aromatic carbocycles. The molecule has 1 aliphatic rings. The largest absolute Gasteiger partial charge is 0.339 e. The third-order valence-electron chi connectivity index (χ3n) is 2.27. The van der Waals surface area contributed by atoms with Crippen molar-refractivity contribution in [2.75, 3.05) is 25.1 Å². The second-order valence-corrected chi connectivity index (χ2v) is 4.63. The van der Waals surface area contributed by atoms with Gasteiger partial charge < -0.3 is 4.90 Å². The van der Waals surface area contributed by atoms with Gasteiger partial charge in [-0.3, -0.25) is 4.79 Å². The molecule has 1 fully saturated rings. The van der Waals surface area contributed by atoms with Gasteiger partial charge in [-0.1, -0.05) is 0 Å². The molecule has 0 radical (unpaired) electrons. The minimum absolute atomic E-state index is 0.0658. The summed E-state index contributed by atoms with van der Waals surface area (Å²) in [5.41, 5.74) is -1.17. The molecule has 76 valence electrons. The summed E-state index contributed by atoms with van der Waals surface area (Å²) in [5, 5.41) is 0. The first-order valence-electron chi connectivity index (χ1n) is 4.51. The molecule has 1 atom stereocenters. The van der Waals surface area contributed by atoms with Crippen molar-refractivity contribution in [3.63, 3.8) is 0 Å². The van der Waals surface area contributed by atoms with Crippen LogP contribution < -0.4 is 0 Å². The van der Waals surface area contributed by atoms with Crippen LogP contribution in [0.15, 0.2) is 0 Å². The molecule has 1 heterocycles. The minimum atomic E-state index is -1.17. The molecule has 1 saturated heterocycles. The van der Waals surface area contributed by atoms with E-state index in [1.165, 1.54) is 11.8 Å². The Morgan fingerprint density at radius 3 is 2.92 bits per heavy atom. The van der Waals surface area contributed by atoms with E-state index in [1.807, 2.05) is 6.26 Å². The number of nitrogens with zero attached hydrogens (tertiary/aromatic N) is 1.